The Morgan fingerprint density at radius 2 is 1.86 bits per heavy atom. The summed E-state index contributed by atoms with van der Waals surface area (Å²) in [5.74, 6) is 0.646. The molecule has 9 heteroatoms. The lowest BCUT2D eigenvalue weighted by molar-refractivity contribution is -0.124. The molecule has 2 saturated heterocycles. The van der Waals surface area contributed by atoms with Gasteiger partial charge in [-0.1, -0.05) is 25.9 Å². The Morgan fingerprint density at radius 1 is 1.18 bits per heavy atom. The summed E-state index contributed by atoms with van der Waals surface area (Å²) < 4.78 is 28.6. The smallest absolute Gasteiger partial charge is 0.320 e. The van der Waals surface area contributed by atoms with E-state index < -0.39 is 15.9 Å². The van der Waals surface area contributed by atoms with Gasteiger partial charge in [0.15, 0.2) is 15.6 Å². The first-order valence-electron chi connectivity index (χ1n) is 9.81. The number of nitrogens with zero attached hydrogens (tertiary/aromatic N) is 3. The zero-order valence-corrected chi connectivity index (χ0v) is 17.6. The lowest BCUT2D eigenvalue weighted by atomic mass is 9.92. The molecular weight excluding hydrogens is 382 g/mol. The van der Waals surface area contributed by atoms with E-state index in [0.29, 0.717) is 18.7 Å². The van der Waals surface area contributed by atoms with Crippen molar-refractivity contribution < 1.29 is 22.5 Å². The highest BCUT2D eigenvalue weighted by Gasteiger charge is 2.36. The Balaban J connectivity index is 1.68. The molecule has 0 saturated carbocycles. The van der Waals surface area contributed by atoms with Gasteiger partial charge in [-0.25, -0.2) is 13.2 Å². The maximum atomic E-state index is 12.9. The summed E-state index contributed by atoms with van der Waals surface area (Å²) in [7, 11) is -3.06. The maximum Gasteiger partial charge on any atom is 0.320 e. The normalized spacial score (nSPS) is 22.9. The van der Waals surface area contributed by atoms with Gasteiger partial charge in [0, 0.05) is 31.1 Å². The zero-order valence-electron chi connectivity index (χ0n) is 16.8. The number of carbonyl (C=O) groups is 2. The van der Waals surface area contributed by atoms with Crippen LogP contribution in [-0.4, -0.2) is 72.4 Å². The van der Waals surface area contributed by atoms with E-state index in [2.05, 4.69) is 5.16 Å². The van der Waals surface area contributed by atoms with Gasteiger partial charge in [-0.2, -0.15) is 0 Å². The molecule has 0 unspecified atom stereocenters. The van der Waals surface area contributed by atoms with Crippen LogP contribution in [0.1, 0.15) is 51.5 Å². The number of aromatic nitrogens is 1. The summed E-state index contributed by atoms with van der Waals surface area (Å²) in [6.45, 7) is 6.94. The number of piperidine rings is 1. The van der Waals surface area contributed by atoms with Crippen LogP contribution >= 0.6 is 0 Å². The van der Waals surface area contributed by atoms with E-state index in [4.69, 9.17) is 4.52 Å². The summed E-state index contributed by atoms with van der Waals surface area (Å²) in [6.07, 6.45) is 2.49. The SMILES string of the molecule is CC(C)(C)c1cc(CC(=O)[C@H]2CCCCN2C(=O)N2CCS(=O)(=O)CC2)no1. The van der Waals surface area contributed by atoms with Crippen molar-refractivity contribution >= 4 is 21.7 Å². The first-order valence-corrected chi connectivity index (χ1v) is 11.6. The van der Waals surface area contributed by atoms with E-state index in [1.165, 1.54) is 0 Å². The second kappa shape index (κ2) is 7.85. The highest BCUT2D eigenvalue weighted by molar-refractivity contribution is 7.91. The van der Waals surface area contributed by atoms with Gasteiger partial charge in [0.05, 0.1) is 29.7 Å². The van der Waals surface area contributed by atoms with Crippen LogP contribution in [0, 0.1) is 0 Å². The molecule has 0 radical (unpaired) electrons. The van der Waals surface area contributed by atoms with E-state index in [-0.39, 0.29) is 48.2 Å². The van der Waals surface area contributed by atoms with Crippen molar-refractivity contribution in [2.45, 2.75) is 57.9 Å². The molecule has 0 spiro atoms. The molecule has 1 aromatic heterocycles. The summed E-state index contributed by atoms with van der Waals surface area (Å²) in [5, 5.41) is 4.02. The van der Waals surface area contributed by atoms with Crippen molar-refractivity contribution in [3.05, 3.63) is 17.5 Å². The van der Waals surface area contributed by atoms with Gasteiger partial charge >= 0.3 is 6.03 Å². The molecule has 0 aromatic carbocycles. The Labute approximate surface area is 166 Å². The van der Waals surface area contributed by atoms with Crippen molar-refractivity contribution in [2.75, 3.05) is 31.1 Å². The van der Waals surface area contributed by atoms with Crippen molar-refractivity contribution in [3.8, 4) is 0 Å². The standard InChI is InChI=1S/C19H29N3O5S/c1-19(2,3)17-13-14(20-27-17)12-16(23)15-6-4-5-7-22(15)18(24)21-8-10-28(25,26)11-9-21/h13,15H,4-12H2,1-3H3/t15-/m1/s1. The molecule has 2 amide bonds. The van der Waals surface area contributed by atoms with Crippen molar-refractivity contribution in [3.63, 3.8) is 0 Å². The van der Waals surface area contributed by atoms with Crippen LogP contribution in [0.3, 0.4) is 0 Å². The van der Waals surface area contributed by atoms with Gasteiger partial charge in [0.1, 0.15) is 5.76 Å². The number of amides is 2. The Kier molecular flexibility index (Phi) is 5.84. The fourth-order valence-electron chi connectivity index (χ4n) is 3.63. The van der Waals surface area contributed by atoms with E-state index in [9.17, 15) is 18.0 Å². The van der Waals surface area contributed by atoms with Gasteiger partial charge in [0.25, 0.3) is 0 Å². The van der Waals surface area contributed by atoms with Gasteiger partial charge in [0.2, 0.25) is 0 Å². The Morgan fingerprint density at radius 3 is 2.46 bits per heavy atom. The molecule has 0 bridgehead atoms. The van der Waals surface area contributed by atoms with Crippen LogP contribution in [0.15, 0.2) is 10.6 Å². The molecule has 2 fully saturated rings. The lowest BCUT2D eigenvalue weighted by Crippen LogP contribution is -2.56. The van der Waals surface area contributed by atoms with Crippen LogP contribution in [0.2, 0.25) is 0 Å². The molecule has 3 heterocycles. The molecule has 0 N–H and O–H groups in total. The number of hydrogen-bond donors (Lipinski definition) is 0. The number of likely N-dealkylation sites (tertiary alicyclic amines) is 1. The second-order valence-corrected chi connectivity index (χ2v) is 11.0. The molecule has 2 aliphatic heterocycles. The van der Waals surface area contributed by atoms with E-state index >= 15 is 0 Å². The third-order valence-electron chi connectivity index (χ3n) is 5.39. The number of rotatable bonds is 3. The summed E-state index contributed by atoms with van der Waals surface area (Å²) in [4.78, 5) is 29.1. The summed E-state index contributed by atoms with van der Waals surface area (Å²) in [6, 6.07) is 1.08. The Hall–Kier alpha value is -1.90. The molecule has 156 valence electrons. The highest BCUT2D eigenvalue weighted by Crippen LogP contribution is 2.25. The number of sulfone groups is 1. The van der Waals surface area contributed by atoms with Crippen LogP contribution in [0.4, 0.5) is 4.79 Å². The van der Waals surface area contributed by atoms with Crippen LogP contribution in [0.25, 0.3) is 0 Å². The van der Waals surface area contributed by atoms with Crippen LogP contribution in [-0.2, 0) is 26.5 Å². The van der Waals surface area contributed by atoms with Gasteiger partial charge in [-0.05, 0) is 19.3 Å². The van der Waals surface area contributed by atoms with Gasteiger partial charge in [-0.15, -0.1) is 0 Å². The van der Waals surface area contributed by atoms with E-state index in [1.54, 1.807) is 9.80 Å². The van der Waals surface area contributed by atoms with Gasteiger partial charge < -0.3 is 14.3 Å². The maximum absolute atomic E-state index is 12.9. The first-order chi connectivity index (χ1) is 13.1. The molecule has 1 atom stereocenters. The lowest BCUT2D eigenvalue weighted by Gasteiger charge is -2.39. The average Bonchev–Trinajstić information content (AvgIpc) is 3.10. The second-order valence-electron chi connectivity index (χ2n) is 8.70. The molecule has 0 aliphatic carbocycles. The molecule has 3 rings (SSSR count). The largest absolute Gasteiger partial charge is 0.361 e. The molecule has 8 nitrogen and oxygen atoms in total. The molecule has 28 heavy (non-hydrogen) atoms. The monoisotopic (exact) mass is 411 g/mol. The Bertz CT molecular complexity index is 826. The zero-order chi connectivity index (χ0) is 20.5. The number of carbonyl (C=O) groups excluding carboxylic acids is 2. The quantitative estimate of drug-likeness (QED) is 0.752. The number of hydrogen-bond acceptors (Lipinski definition) is 6. The average molecular weight is 412 g/mol. The topological polar surface area (TPSA) is 101 Å². The minimum absolute atomic E-state index is 0.0142. The minimum atomic E-state index is -3.06. The fourth-order valence-corrected chi connectivity index (χ4v) is 4.83. The summed E-state index contributed by atoms with van der Waals surface area (Å²) >= 11 is 0. The molecular formula is C19H29N3O5S. The van der Waals surface area contributed by atoms with E-state index in [1.807, 2.05) is 26.8 Å². The van der Waals surface area contributed by atoms with Crippen molar-refractivity contribution in [1.82, 2.24) is 15.0 Å². The first kappa shape index (κ1) is 20.8. The predicted octanol–water partition coefficient (Wildman–Crippen LogP) is 1.79. The molecule has 2 aliphatic rings. The third kappa shape index (κ3) is 4.74. The van der Waals surface area contributed by atoms with Crippen LogP contribution in [0.5, 0.6) is 0 Å². The number of urea groups is 1. The molecule has 1 aromatic rings. The highest BCUT2D eigenvalue weighted by atomic mass is 32.2. The third-order valence-corrected chi connectivity index (χ3v) is 7.00. The minimum Gasteiger partial charge on any atom is -0.361 e. The van der Waals surface area contributed by atoms with Gasteiger partial charge in [-0.3, -0.25) is 4.79 Å². The summed E-state index contributed by atoms with van der Waals surface area (Å²) in [5.41, 5.74) is 0.396. The van der Waals surface area contributed by atoms with Crippen molar-refractivity contribution in [1.29, 1.82) is 0 Å². The number of ketones is 1. The fraction of sp³-hybridized carbons (Fsp3) is 0.737. The van der Waals surface area contributed by atoms with Crippen molar-refractivity contribution in [2.24, 2.45) is 0 Å². The van der Waals surface area contributed by atoms with Crippen LogP contribution < -0.4 is 0 Å². The number of Topliss-reactive ketones (excluding diaryl/α,β-unsaturated/α-hetero) is 1. The predicted molar refractivity (Wildman–Crippen MR) is 104 cm³/mol. The van der Waals surface area contributed by atoms with E-state index in [0.717, 1.165) is 18.6 Å².